The van der Waals surface area contributed by atoms with Crippen LogP contribution in [0.15, 0.2) is 29.2 Å². The second-order valence-corrected chi connectivity index (χ2v) is 12.8. The summed E-state index contributed by atoms with van der Waals surface area (Å²) in [6.45, 7) is 4.44. The predicted octanol–water partition coefficient (Wildman–Crippen LogP) is 1.81. The second-order valence-electron chi connectivity index (χ2n) is 8.55. The molecule has 9 nitrogen and oxygen atoms in total. The zero-order chi connectivity index (χ0) is 23.3. The van der Waals surface area contributed by atoms with Crippen molar-refractivity contribution in [1.82, 2.24) is 14.1 Å². The highest BCUT2D eigenvalue weighted by molar-refractivity contribution is 7.91. The van der Waals surface area contributed by atoms with Gasteiger partial charge in [-0.3, -0.25) is 9.48 Å². The smallest absolute Gasteiger partial charge is 0.243 e. The minimum absolute atomic E-state index is 0.0516. The number of hydrogen-bond acceptors (Lipinski definition) is 6. The highest BCUT2D eigenvalue weighted by atomic mass is 32.2. The fourth-order valence-electron chi connectivity index (χ4n) is 4.46. The number of sulfonamides is 1. The molecule has 32 heavy (non-hydrogen) atoms. The summed E-state index contributed by atoms with van der Waals surface area (Å²) < 4.78 is 53.0. The van der Waals surface area contributed by atoms with Crippen molar-refractivity contribution in [3.05, 3.63) is 41.2 Å². The van der Waals surface area contributed by atoms with Gasteiger partial charge in [0, 0.05) is 43.5 Å². The van der Waals surface area contributed by atoms with Crippen LogP contribution in [-0.4, -0.2) is 61.9 Å². The van der Waals surface area contributed by atoms with Crippen LogP contribution in [0, 0.1) is 13.8 Å². The average molecular weight is 481 g/mol. The van der Waals surface area contributed by atoms with Crippen LogP contribution in [-0.2, 0) is 31.2 Å². The third-order valence-electron chi connectivity index (χ3n) is 6.34. The van der Waals surface area contributed by atoms with Gasteiger partial charge in [0.2, 0.25) is 15.9 Å². The van der Waals surface area contributed by atoms with Gasteiger partial charge >= 0.3 is 0 Å². The van der Waals surface area contributed by atoms with E-state index in [1.807, 2.05) is 13.8 Å². The SMILES string of the molecule is Cc1nn([C@@H]2CCS(=O)(=O)C2)c(C)c1CN(C)S(=O)(=O)c1ccc(N2CCCC2=O)cc1. The topological polar surface area (TPSA) is 110 Å². The number of amides is 1. The van der Waals surface area contributed by atoms with Crippen LogP contribution in [0.5, 0.6) is 0 Å². The van der Waals surface area contributed by atoms with Gasteiger partial charge in [0.25, 0.3) is 0 Å². The number of aromatic nitrogens is 2. The van der Waals surface area contributed by atoms with Crippen molar-refractivity contribution in [2.45, 2.75) is 50.6 Å². The Kier molecular flexibility index (Phi) is 5.93. The summed E-state index contributed by atoms with van der Waals surface area (Å²) in [5.74, 6) is 0.267. The van der Waals surface area contributed by atoms with Crippen LogP contribution in [0.1, 0.15) is 42.3 Å². The number of nitrogens with zero attached hydrogens (tertiary/aromatic N) is 4. The zero-order valence-corrected chi connectivity index (χ0v) is 20.1. The minimum atomic E-state index is -3.76. The predicted molar refractivity (Wildman–Crippen MR) is 121 cm³/mol. The molecule has 1 amide bonds. The summed E-state index contributed by atoms with van der Waals surface area (Å²) in [5, 5.41) is 4.52. The maximum Gasteiger partial charge on any atom is 0.243 e. The number of carbonyl (C=O) groups excluding carboxylic acids is 1. The van der Waals surface area contributed by atoms with Crippen LogP contribution < -0.4 is 4.90 Å². The highest BCUT2D eigenvalue weighted by Crippen LogP contribution is 2.29. The molecule has 0 radical (unpaired) electrons. The van der Waals surface area contributed by atoms with Crippen molar-refractivity contribution in [2.75, 3.05) is 30.0 Å². The third-order valence-corrected chi connectivity index (χ3v) is 9.91. The fourth-order valence-corrected chi connectivity index (χ4v) is 7.29. The van der Waals surface area contributed by atoms with Crippen LogP contribution in [0.25, 0.3) is 0 Å². The Morgan fingerprint density at radius 2 is 1.88 bits per heavy atom. The Morgan fingerprint density at radius 3 is 2.44 bits per heavy atom. The van der Waals surface area contributed by atoms with Gasteiger partial charge in [-0.15, -0.1) is 0 Å². The lowest BCUT2D eigenvalue weighted by Crippen LogP contribution is -2.27. The zero-order valence-electron chi connectivity index (χ0n) is 18.5. The Hall–Kier alpha value is -2.24. The first-order valence-corrected chi connectivity index (χ1v) is 13.9. The van der Waals surface area contributed by atoms with Gasteiger partial charge in [0.05, 0.1) is 28.1 Å². The molecule has 174 valence electrons. The Labute approximate surface area is 189 Å². The molecular weight excluding hydrogens is 452 g/mol. The molecular formula is C21H28N4O5S2. The summed E-state index contributed by atoms with van der Waals surface area (Å²) in [5.41, 5.74) is 2.96. The molecule has 0 aliphatic carbocycles. The molecule has 2 aromatic rings. The normalized spacial score (nSPS) is 21.1. The minimum Gasteiger partial charge on any atom is -0.312 e. The molecule has 0 bridgehead atoms. The lowest BCUT2D eigenvalue weighted by Gasteiger charge is -2.19. The standard InChI is InChI=1S/C21H28N4O5S2/c1-15-20(16(2)25(22-15)18-10-12-31(27,28)14-18)13-23(3)32(29,30)19-8-6-17(7-9-19)24-11-4-5-21(24)26/h6-9,18H,4-5,10-14H2,1-3H3/t18-/m1/s1. The second kappa shape index (κ2) is 8.27. The molecule has 2 aliphatic heterocycles. The first-order chi connectivity index (χ1) is 15.0. The van der Waals surface area contributed by atoms with Gasteiger partial charge in [-0.1, -0.05) is 0 Å². The molecule has 0 unspecified atom stereocenters. The number of hydrogen-bond donors (Lipinski definition) is 0. The van der Waals surface area contributed by atoms with Crippen LogP contribution >= 0.6 is 0 Å². The highest BCUT2D eigenvalue weighted by Gasteiger charge is 2.32. The summed E-state index contributed by atoms with van der Waals surface area (Å²) in [4.78, 5) is 13.7. The van der Waals surface area contributed by atoms with Gasteiger partial charge in [0.15, 0.2) is 9.84 Å². The first-order valence-electron chi connectivity index (χ1n) is 10.6. The van der Waals surface area contributed by atoms with Crippen molar-refractivity contribution in [2.24, 2.45) is 0 Å². The average Bonchev–Trinajstić information content (AvgIpc) is 3.40. The quantitative estimate of drug-likeness (QED) is 0.624. The van der Waals surface area contributed by atoms with E-state index in [4.69, 9.17) is 0 Å². The molecule has 1 aromatic heterocycles. The monoisotopic (exact) mass is 480 g/mol. The van der Waals surface area contributed by atoms with Crippen molar-refractivity contribution in [1.29, 1.82) is 0 Å². The Bertz CT molecular complexity index is 1250. The maximum absolute atomic E-state index is 13.1. The molecule has 2 aliphatic rings. The first kappa shape index (κ1) is 22.9. The van der Waals surface area contributed by atoms with E-state index < -0.39 is 19.9 Å². The van der Waals surface area contributed by atoms with Crippen molar-refractivity contribution in [3.63, 3.8) is 0 Å². The van der Waals surface area contributed by atoms with E-state index in [1.165, 1.54) is 23.5 Å². The van der Waals surface area contributed by atoms with E-state index in [9.17, 15) is 21.6 Å². The van der Waals surface area contributed by atoms with Gasteiger partial charge in [-0.25, -0.2) is 16.8 Å². The van der Waals surface area contributed by atoms with E-state index in [-0.39, 0.29) is 34.9 Å². The van der Waals surface area contributed by atoms with E-state index in [0.29, 0.717) is 30.8 Å². The number of rotatable bonds is 6. The number of anilines is 1. The Balaban J connectivity index is 1.53. The Morgan fingerprint density at radius 1 is 1.19 bits per heavy atom. The fraction of sp³-hybridized carbons (Fsp3) is 0.524. The van der Waals surface area contributed by atoms with Gasteiger partial charge in [-0.2, -0.15) is 9.40 Å². The van der Waals surface area contributed by atoms with E-state index in [0.717, 1.165) is 17.7 Å². The van der Waals surface area contributed by atoms with Gasteiger partial charge in [0.1, 0.15) is 0 Å². The molecule has 3 heterocycles. The lowest BCUT2D eigenvalue weighted by molar-refractivity contribution is -0.117. The molecule has 0 N–H and O–H groups in total. The van der Waals surface area contributed by atoms with Crippen LogP contribution in [0.4, 0.5) is 5.69 Å². The number of aryl methyl sites for hydroxylation is 1. The van der Waals surface area contributed by atoms with Crippen molar-refractivity contribution < 1.29 is 21.6 Å². The number of sulfone groups is 1. The largest absolute Gasteiger partial charge is 0.312 e. The summed E-state index contributed by atoms with van der Waals surface area (Å²) in [6, 6.07) is 6.17. The summed E-state index contributed by atoms with van der Waals surface area (Å²) in [7, 11) is -5.29. The van der Waals surface area contributed by atoms with Gasteiger partial charge < -0.3 is 4.90 Å². The number of carbonyl (C=O) groups is 1. The number of benzene rings is 1. The molecule has 11 heteroatoms. The van der Waals surface area contributed by atoms with Crippen LogP contribution in [0.2, 0.25) is 0 Å². The van der Waals surface area contributed by atoms with E-state index in [2.05, 4.69) is 5.10 Å². The van der Waals surface area contributed by atoms with E-state index >= 15 is 0 Å². The summed E-state index contributed by atoms with van der Waals surface area (Å²) in [6.07, 6.45) is 1.84. The van der Waals surface area contributed by atoms with Crippen molar-refractivity contribution in [3.8, 4) is 0 Å². The molecule has 1 aromatic carbocycles. The maximum atomic E-state index is 13.1. The molecule has 0 saturated carbocycles. The van der Waals surface area contributed by atoms with Crippen molar-refractivity contribution >= 4 is 31.5 Å². The molecule has 4 rings (SSSR count). The molecule has 2 saturated heterocycles. The molecule has 1 atom stereocenters. The molecule has 2 fully saturated rings. The summed E-state index contributed by atoms with van der Waals surface area (Å²) >= 11 is 0. The lowest BCUT2D eigenvalue weighted by atomic mass is 10.2. The third kappa shape index (κ3) is 4.20. The molecule has 0 spiro atoms. The van der Waals surface area contributed by atoms with Crippen LogP contribution in [0.3, 0.4) is 0 Å². The van der Waals surface area contributed by atoms with Gasteiger partial charge in [-0.05, 0) is 51.0 Å². The van der Waals surface area contributed by atoms with E-state index in [1.54, 1.807) is 21.7 Å².